The van der Waals surface area contributed by atoms with E-state index in [1.807, 2.05) is 72.8 Å². The number of H-pyrrole nitrogens is 2. The van der Waals surface area contributed by atoms with Crippen molar-refractivity contribution >= 4 is 22.9 Å². The summed E-state index contributed by atoms with van der Waals surface area (Å²) in [7, 11) is 0. The summed E-state index contributed by atoms with van der Waals surface area (Å²) in [5.41, 5.74) is 2.71. The molecule has 0 fully saturated rings. The first kappa shape index (κ1) is 14.2. The minimum atomic E-state index is -0.0860. The number of aromatic nitrogens is 3. The molecule has 2 heterocycles. The summed E-state index contributed by atoms with van der Waals surface area (Å²) in [6.45, 7) is 0. The number of pyridine rings is 1. The molecule has 4 aromatic rings. The highest BCUT2D eigenvalue weighted by Gasteiger charge is 2.01. The van der Waals surface area contributed by atoms with Gasteiger partial charge >= 0.3 is 0 Å². The molecule has 0 bridgehead atoms. The highest BCUT2D eigenvalue weighted by molar-refractivity contribution is 5.83. The molecular formula is C20H15N3O. The van der Waals surface area contributed by atoms with Crippen LogP contribution in [0.5, 0.6) is 0 Å². The summed E-state index contributed by atoms with van der Waals surface area (Å²) in [5.74, 6) is 0.739. The van der Waals surface area contributed by atoms with Crippen LogP contribution >= 0.6 is 0 Å². The topological polar surface area (TPSA) is 61.5 Å². The number of benzene rings is 2. The van der Waals surface area contributed by atoms with Crippen molar-refractivity contribution in [2.45, 2.75) is 0 Å². The lowest BCUT2D eigenvalue weighted by atomic mass is 10.1. The molecule has 116 valence electrons. The van der Waals surface area contributed by atoms with Crippen molar-refractivity contribution in [2.75, 3.05) is 0 Å². The van der Waals surface area contributed by atoms with Gasteiger partial charge in [0, 0.05) is 11.1 Å². The Morgan fingerprint density at radius 1 is 0.875 bits per heavy atom. The normalized spacial score (nSPS) is 11.3. The lowest BCUT2D eigenvalue weighted by molar-refractivity contribution is 1.24. The summed E-state index contributed by atoms with van der Waals surface area (Å²) < 4.78 is 0. The maximum Gasteiger partial charge on any atom is 0.256 e. The molecule has 0 radical (unpaired) electrons. The van der Waals surface area contributed by atoms with Crippen LogP contribution in [0.4, 0.5) is 0 Å². The van der Waals surface area contributed by atoms with Gasteiger partial charge in [-0.2, -0.15) is 0 Å². The second-order valence-corrected chi connectivity index (χ2v) is 5.52. The van der Waals surface area contributed by atoms with Gasteiger partial charge in [-0.1, -0.05) is 48.5 Å². The SMILES string of the molecule is O=c1[nH]c(/C=C/c2ncc(-c3ccccc3)[nH]2)cc2ccccc12. The van der Waals surface area contributed by atoms with Crippen LogP contribution in [0, 0.1) is 0 Å². The number of fused-ring (bicyclic) bond motifs is 1. The van der Waals surface area contributed by atoms with E-state index in [0.717, 1.165) is 28.2 Å². The van der Waals surface area contributed by atoms with Gasteiger partial charge in [0.1, 0.15) is 5.82 Å². The van der Waals surface area contributed by atoms with Gasteiger partial charge in [0.2, 0.25) is 0 Å². The second-order valence-electron chi connectivity index (χ2n) is 5.52. The minimum absolute atomic E-state index is 0.0860. The zero-order valence-corrected chi connectivity index (χ0v) is 12.9. The van der Waals surface area contributed by atoms with Crippen molar-refractivity contribution in [2.24, 2.45) is 0 Å². The van der Waals surface area contributed by atoms with Gasteiger partial charge < -0.3 is 9.97 Å². The van der Waals surface area contributed by atoms with Gasteiger partial charge in [-0.3, -0.25) is 4.79 Å². The van der Waals surface area contributed by atoms with Gasteiger partial charge in [-0.15, -0.1) is 0 Å². The Kier molecular flexibility index (Phi) is 3.56. The number of rotatable bonds is 3. The van der Waals surface area contributed by atoms with Crippen LogP contribution < -0.4 is 5.56 Å². The molecule has 0 saturated carbocycles. The Labute approximate surface area is 138 Å². The number of nitrogens with one attached hydrogen (secondary N) is 2. The van der Waals surface area contributed by atoms with Gasteiger partial charge in [0.15, 0.2) is 0 Å². The maximum absolute atomic E-state index is 12.1. The van der Waals surface area contributed by atoms with E-state index in [9.17, 15) is 4.79 Å². The molecule has 0 spiro atoms. The largest absolute Gasteiger partial charge is 0.338 e. The molecule has 0 aliphatic carbocycles. The molecule has 0 amide bonds. The van der Waals surface area contributed by atoms with E-state index in [2.05, 4.69) is 15.0 Å². The first-order valence-electron chi connectivity index (χ1n) is 7.70. The van der Waals surface area contributed by atoms with Gasteiger partial charge in [-0.05, 0) is 35.2 Å². The quantitative estimate of drug-likeness (QED) is 0.598. The van der Waals surface area contributed by atoms with Crippen molar-refractivity contribution in [3.63, 3.8) is 0 Å². The lowest BCUT2D eigenvalue weighted by Gasteiger charge is -1.99. The fourth-order valence-corrected chi connectivity index (χ4v) is 2.68. The monoisotopic (exact) mass is 313 g/mol. The van der Waals surface area contributed by atoms with Crippen LogP contribution in [0.3, 0.4) is 0 Å². The second kappa shape index (κ2) is 6.01. The van der Waals surface area contributed by atoms with Crippen molar-refractivity contribution in [3.8, 4) is 11.3 Å². The fourth-order valence-electron chi connectivity index (χ4n) is 2.68. The Hall–Kier alpha value is -3.40. The van der Waals surface area contributed by atoms with Crippen LogP contribution in [0.2, 0.25) is 0 Å². The van der Waals surface area contributed by atoms with Crippen molar-refractivity contribution in [1.29, 1.82) is 0 Å². The Bertz CT molecular complexity index is 1070. The standard InChI is InChI=1S/C20H15N3O/c24-20-17-9-5-4-8-15(17)12-16(22-20)10-11-19-21-13-18(23-19)14-6-2-1-3-7-14/h1-13H,(H,21,23)(H,22,24)/b11-10+. The third-order valence-electron chi connectivity index (χ3n) is 3.88. The maximum atomic E-state index is 12.1. The summed E-state index contributed by atoms with van der Waals surface area (Å²) in [6.07, 6.45) is 5.51. The van der Waals surface area contributed by atoms with Crippen LogP contribution in [-0.2, 0) is 0 Å². The third kappa shape index (κ3) is 2.77. The molecule has 4 rings (SSSR count). The summed E-state index contributed by atoms with van der Waals surface area (Å²) in [4.78, 5) is 22.6. The van der Waals surface area contributed by atoms with Gasteiger partial charge in [-0.25, -0.2) is 4.98 Å². The molecule has 4 nitrogen and oxygen atoms in total. The van der Waals surface area contributed by atoms with E-state index in [1.54, 1.807) is 6.20 Å². The zero-order valence-electron chi connectivity index (χ0n) is 12.9. The first-order chi connectivity index (χ1) is 11.8. The van der Waals surface area contributed by atoms with E-state index >= 15 is 0 Å². The summed E-state index contributed by atoms with van der Waals surface area (Å²) >= 11 is 0. The van der Waals surface area contributed by atoms with E-state index in [0.29, 0.717) is 5.39 Å². The average Bonchev–Trinajstić information content (AvgIpc) is 3.10. The Morgan fingerprint density at radius 3 is 2.54 bits per heavy atom. The molecule has 4 heteroatoms. The van der Waals surface area contributed by atoms with E-state index in [4.69, 9.17) is 0 Å². The predicted octanol–water partition coefficient (Wildman–Crippen LogP) is 4.09. The van der Waals surface area contributed by atoms with Crippen molar-refractivity contribution in [1.82, 2.24) is 15.0 Å². The highest BCUT2D eigenvalue weighted by atomic mass is 16.1. The minimum Gasteiger partial charge on any atom is -0.338 e. The third-order valence-corrected chi connectivity index (χ3v) is 3.88. The first-order valence-corrected chi connectivity index (χ1v) is 7.70. The molecule has 2 aromatic carbocycles. The van der Waals surface area contributed by atoms with E-state index in [1.165, 1.54) is 0 Å². The molecule has 0 aliphatic rings. The number of aromatic amines is 2. The molecular weight excluding hydrogens is 298 g/mol. The Balaban J connectivity index is 1.64. The molecule has 0 aliphatic heterocycles. The lowest BCUT2D eigenvalue weighted by Crippen LogP contribution is -2.06. The predicted molar refractivity (Wildman–Crippen MR) is 97.5 cm³/mol. The summed E-state index contributed by atoms with van der Waals surface area (Å²) in [6, 6.07) is 19.5. The molecule has 0 atom stereocenters. The van der Waals surface area contributed by atoms with E-state index in [-0.39, 0.29) is 5.56 Å². The van der Waals surface area contributed by atoms with Crippen LogP contribution in [0.25, 0.3) is 34.2 Å². The van der Waals surface area contributed by atoms with Gasteiger partial charge in [0.05, 0.1) is 11.9 Å². The number of hydrogen-bond donors (Lipinski definition) is 2. The highest BCUT2D eigenvalue weighted by Crippen LogP contribution is 2.17. The molecule has 24 heavy (non-hydrogen) atoms. The molecule has 2 N–H and O–H groups in total. The Morgan fingerprint density at radius 2 is 1.67 bits per heavy atom. The zero-order chi connectivity index (χ0) is 16.4. The number of imidazole rings is 1. The molecule has 0 saturated heterocycles. The van der Waals surface area contributed by atoms with Crippen molar-refractivity contribution in [3.05, 3.63) is 88.7 Å². The number of hydrogen-bond acceptors (Lipinski definition) is 2. The van der Waals surface area contributed by atoms with Crippen LogP contribution in [-0.4, -0.2) is 15.0 Å². The number of nitrogens with zero attached hydrogens (tertiary/aromatic N) is 1. The van der Waals surface area contributed by atoms with Crippen LogP contribution in [0.15, 0.2) is 71.7 Å². The van der Waals surface area contributed by atoms with E-state index < -0.39 is 0 Å². The summed E-state index contributed by atoms with van der Waals surface area (Å²) in [5, 5.41) is 1.62. The molecule has 2 aromatic heterocycles. The van der Waals surface area contributed by atoms with Gasteiger partial charge in [0.25, 0.3) is 5.56 Å². The smallest absolute Gasteiger partial charge is 0.256 e. The average molecular weight is 313 g/mol. The molecule has 0 unspecified atom stereocenters. The van der Waals surface area contributed by atoms with Crippen LogP contribution in [0.1, 0.15) is 11.5 Å². The van der Waals surface area contributed by atoms with Crippen molar-refractivity contribution < 1.29 is 0 Å². The fraction of sp³-hybridized carbons (Fsp3) is 0.